The van der Waals surface area contributed by atoms with Gasteiger partial charge < -0.3 is 9.88 Å². The predicted octanol–water partition coefficient (Wildman–Crippen LogP) is 6.29. The van der Waals surface area contributed by atoms with Gasteiger partial charge in [-0.05, 0) is 54.8 Å². The molecule has 0 spiro atoms. The maximum atomic E-state index is 12.5. The second kappa shape index (κ2) is 10.2. The van der Waals surface area contributed by atoms with Crippen molar-refractivity contribution in [1.82, 2.24) is 9.88 Å². The Morgan fingerprint density at radius 3 is 2.63 bits per heavy atom. The minimum absolute atomic E-state index is 0.135. The van der Waals surface area contributed by atoms with E-state index in [9.17, 15) is 13.6 Å². The number of aromatic nitrogens is 1. The van der Waals surface area contributed by atoms with Crippen LogP contribution in [0.2, 0.25) is 0 Å². The lowest BCUT2D eigenvalue weighted by Gasteiger charge is -2.06. The zero-order valence-corrected chi connectivity index (χ0v) is 20.5. The van der Waals surface area contributed by atoms with E-state index >= 15 is 0 Å². The maximum absolute atomic E-state index is 12.5. The number of halogens is 2. The van der Waals surface area contributed by atoms with Gasteiger partial charge in [0.15, 0.2) is 5.17 Å². The van der Waals surface area contributed by atoms with Gasteiger partial charge in [-0.1, -0.05) is 59.9 Å². The van der Waals surface area contributed by atoms with E-state index < -0.39 is 5.76 Å². The first-order valence-corrected chi connectivity index (χ1v) is 12.9. The lowest BCUT2D eigenvalue weighted by Crippen LogP contribution is -2.25. The summed E-state index contributed by atoms with van der Waals surface area (Å²) in [7, 11) is 0. The molecule has 1 saturated heterocycles. The molecule has 1 aliphatic heterocycles. The Morgan fingerprint density at radius 1 is 1.09 bits per heavy atom. The molecular formula is C26H22F2N4OS2. The Labute approximate surface area is 209 Å². The quantitative estimate of drug-likeness (QED) is 0.181. The molecule has 0 saturated carbocycles. The first kappa shape index (κ1) is 23.6. The average Bonchev–Trinajstić information content (AvgIpc) is 3.36. The molecule has 0 unspecified atom stereocenters. The first-order chi connectivity index (χ1) is 17.0. The fraction of sp³-hybridized carbons (Fsp3) is 0.192. The van der Waals surface area contributed by atoms with E-state index in [4.69, 9.17) is 0 Å². The smallest absolute Gasteiger partial charge is 0.288 e. The number of nitrogens with one attached hydrogen (secondary N) is 1. The van der Waals surface area contributed by atoms with Gasteiger partial charge in [0, 0.05) is 33.2 Å². The minimum atomic E-state index is -2.45. The number of thioether (sulfide) groups is 2. The van der Waals surface area contributed by atoms with Crippen LogP contribution in [0.25, 0.3) is 21.8 Å². The number of rotatable bonds is 7. The molecule has 2 heterocycles. The van der Waals surface area contributed by atoms with Crippen LogP contribution in [0.5, 0.6) is 0 Å². The number of fused-ring (bicyclic) bond motifs is 3. The van der Waals surface area contributed by atoms with Gasteiger partial charge in [0.25, 0.3) is 5.76 Å². The number of hydrogen-bond donors (Lipinski definition) is 1. The molecule has 1 aliphatic rings. The van der Waals surface area contributed by atoms with Crippen molar-refractivity contribution in [3.05, 3.63) is 77.9 Å². The molecule has 9 heteroatoms. The molecule has 0 aliphatic carbocycles. The zero-order chi connectivity index (χ0) is 24.4. The standard InChI is InChI=1S/C26H22F2N4OS2/c1-2-32-21-6-4-3-5-19(21)20-13-17(9-12-22(20)32)15-29-31-26-30-24(33)23(35-26)14-16-7-10-18(11-8-16)34-25(27)28/h3-13,15,23,25H,2,14H2,1H3,(H,30,31,33)/b29-15-/t23-/m0/s1. The lowest BCUT2D eigenvalue weighted by atomic mass is 10.1. The van der Waals surface area contributed by atoms with Crippen molar-refractivity contribution in [2.45, 2.75) is 35.8 Å². The van der Waals surface area contributed by atoms with Crippen LogP contribution in [0.3, 0.4) is 0 Å². The fourth-order valence-corrected chi connectivity index (χ4v) is 5.71. The molecule has 0 bridgehead atoms. The number of benzene rings is 3. The van der Waals surface area contributed by atoms with E-state index in [1.807, 2.05) is 18.2 Å². The SMILES string of the molecule is CCn1c2ccccc2c2cc(/C=N\N=C3\NC(=O)[C@H](Cc4ccc(SC(F)F)cc4)S3)ccc21. The van der Waals surface area contributed by atoms with Crippen molar-refractivity contribution in [3.8, 4) is 0 Å². The first-order valence-electron chi connectivity index (χ1n) is 11.1. The fourth-order valence-electron chi connectivity index (χ4n) is 4.25. The highest BCUT2D eigenvalue weighted by Gasteiger charge is 2.30. The van der Waals surface area contributed by atoms with Gasteiger partial charge in [-0.25, -0.2) is 0 Å². The van der Waals surface area contributed by atoms with Crippen LogP contribution in [0.1, 0.15) is 18.1 Å². The summed E-state index contributed by atoms with van der Waals surface area (Å²) < 4.78 is 27.3. The van der Waals surface area contributed by atoms with Gasteiger partial charge in [-0.15, -0.1) is 5.10 Å². The van der Waals surface area contributed by atoms with Gasteiger partial charge in [0.2, 0.25) is 5.91 Å². The highest BCUT2D eigenvalue weighted by atomic mass is 32.2. The molecule has 3 aromatic carbocycles. The second-order valence-corrected chi connectivity index (χ2v) is 10.3. The van der Waals surface area contributed by atoms with E-state index in [-0.39, 0.29) is 11.2 Å². The monoisotopic (exact) mass is 508 g/mol. The van der Waals surface area contributed by atoms with Crippen LogP contribution in [-0.2, 0) is 17.8 Å². The minimum Gasteiger partial charge on any atom is -0.341 e. The number of carbonyl (C=O) groups excluding carboxylic acids is 1. The van der Waals surface area contributed by atoms with Crippen LogP contribution in [0.15, 0.2) is 81.8 Å². The van der Waals surface area contributed by atoms with E-state index in [1.165, 1.54) is 33.6 Å². The molecule has 0 radical (unpaired) electrons. The molecule has 4 aromatic rings. The second-order valence-electron chi connectivity index (χ2n) is 8.01. The topological polar surface area (TPSA) is 58.8 Å². The van der Waals surface area contributed by atoms with Crippen LogP contribution in [0.4, 0.5) is 8.78 Å². The van der Waals surface area contributed by atoms with Crippen LogP contribution in [-0.4, -0.2) is 32.9 Å². The molecule has 5 rings (SSSR count). The van der Waals surface area contributed by atoms with Crippen LogP contribution in [0, 0.1) is 0 Å². The van der Waals surface area contributed by atoms with Gasteiger partial charge in [-0.2, -0.15) is 13.9 Å². The molecule has 1 fully saturated rings. The molecule has 1 atom stereocenters. The van der Waals surface area contributed by atoms with Gasteiger partial charge in [-0.3, -0.25) is 4.79 Å². The Bertz CT molecular complexity index is 1450. The van der Waals surface area contributed by atoms with Crippen molar-refractivity contribution in [3.63, 3.8) is 0 Å². The summed E-state index contributed by atoms with van der Waals surface area (Å²) >= 11 is 1.83. The van der Waals surface area contributed by atoms with Gasteiger partial charge >= 0.3 is 0 Å². The third-order valence-corrected chi connectivity index (χ3v) is 7.61. The number of amidine groups is 1. The Kier molecular flexibility index (Phi) is 6.88. The van der Waals surface area contributed by atoms with Crippen LogP contribution >= 0.6 is 23.5 Å². The third kappa shape index (κ3) is 5.11. The summed E-state index contributed by atoms with van der Waals surface area (Å²) in [5.41, 5.74) is 4.21. The summed E-state index contributed by atoms with van der Waals surface area (Å²) in [5, 5.41) is 13.6. The summed E-state index contributed by atoms with van der Waals surface area (Å²) in [6.45, 7) is 3.03. The van der Waals surface area contributed by atoms with Gasteiger partial charge in [0.1, 0.15) is 0 Å². The highest BCUT2D eigenvalue weighted by Crippen LogP contribution is 2.30. The third-order valence-electron chi connectivity index (χ3n) is 5.81. The number of aryl methyl sites for hydroxylation is 1. The number of nitrogens with zero attached hydrogens (tertiary/aromatic N) is 3. The lowest BCUT2D eigenvalue weighted by molar-refractivity contribution is -0.118. The van der Waals surface area contributed by atoms with E-state index in [0.29, 0.717) is 28.2 Å². The highest BCUT2D eigenvalue weighted by molar-refractivity contribution is 8.15. The summed E-state index contributed by atoms with van der Waals surface area (Å²) in [4.78, 5) is 12.9. The number of hydrogen-bond acceptors (Lipinski definition) is 5. The largest absolute Gasteiger partial charge is 0.341 e. The number of para-hydroxylation sites is 1. The van der Waals surface area contributed by atoms with E-state index in [0.717, 1.165) is 17.7 Å². The Morgan fingerprint density at radius 2 is 1.86 bits per heavy atom. The molecular weight excluding hydrogens is 486 g/mol. The molecule has 1 N–H and O–H groups in total. The van der Waals surface area contributed by atoms with Gasteiger partial charge in [0.05, 0.1) is 11.5 Å². The summed E-state index contributed by atoms with van der Waals surface area (Å²) in [5.74, 6) is -2.58. The molecule has 5 nitrogen and oxygen atoms in total. The normalized spacial score (nSPS) is 17.4. The van der Waals surface area contributed by atoms with Crippen molar-refractivity contribution >= 4 is 62.6 Å². The van der Waals surface area contributed by atoms with Crippen molar-refractivity contribution in [2.24, 2.45) is 10.2 Å². The summed E-state index contributed by atoms with van der Waals surface area (Å²) in [6, 6.07) is 21.4. The number of carbonyl (C=O) groups is 1. The molecule has 1 amide bonds. The Hall–Kier alpha value is -3.17. The van der Waals surface area contributed by atoms with Crippen LogP contribution < -0.4 is 5.32 Å². The van der Waals surface area contributed by atoms with Crippen molar-refractivity contribution < 1.29 is 13.6 Å². The van der Waals surface area contributed by atoms with Crippen molar-refractivity contribution in [1.29, 1.82) is 0 Å². The maximum Gasteiger partial charge on any atom is 0.288 e. The molecule has 178 valence electrons. The zero-order valence-electron chi connectivity index (χ0n) is 18.8. The molecule has 35 heavy (non-hydrogen) atoms. The molecule has 1 aromatic heterocycles. The van der Waals surface area contributed by atoms with E-state index in [2.05, 4.69) is 51.3 Å². The number of amides is 1. The van der Waals surface area contributed by atoms with E-state index in [1.54, 1.807) is 30.5 Å². The average molecular weight is 509 g/mol. The number of alkyl halides is 2. The summed E-state index contributed by atoms with van der Waals surface area (Å²) in [6.07, 6.45) is 2.17. The van der Waals surface area contributed by atoms with Crippen molar-refractivity contribution in [2.75, 3.05) is 0 Å². The Balaban J connectivity index is 1.28. The predicted molar refractivity (Wildman–Crippen MR) is 142 cm³/mol.